The van der Waals surface area contributed by atoms with E-state index in [2.05, 4.69) is 26.2 Å². The first-order chi connectivity index (χ1) is 7.91. The number of nitrogens with zero attached hydrogens (tertiary/aromatic N) is 2. The van der Waals surface area contributed by atoms with Crippen molar-refractivity contribution in [2.75, 3.05) is 0 Å². The van der Waals surface area contributed by atoms with Crippen molar-refractivity contribution in [1.82, 2.24) is 14.9 Å². The standard InChI is InChI=1S/C10H13BrClN3O2/c1-6(2)14-7(16)3-4-15-5-13-9(12)8(11)10(15)17/h5-6H,3-4H2,1-2H3,(H,14,16). The lowest BCUT2D eigenvalue weighted by Crippen LogP contribution is -2.32. The number of amides is 1. The monoisotopic (exact) mass is 321 g/mol. The lowest BCUT2D eigenvalue weighted by atomic mass is 10.3. The summed E-state index contributed by atoms with van der Waals surface area (Å²) in [4.78, 5) is 26.9. The minimum Gasteiger partial charge on any atom is -0.354 e. The Hall–Kier alpha value is -0.880. The molecule has 0 aliphatic heterocycles. The summed E-state index contributed by atoms with van der Waals surface area (Å²) >= 11 is 8.72. The number of hydrogen-bond acceptors (Lipinski definition) is 3. The van der Waals surface area contributed by atoms with Crippen LogP contribution in [0.15, 0.2) is 15.6 Å². The highest BCUT2D eigenvalue weighted by atomic mass is 79.9. The predicted octanol–water partition coefficient (Wildman–Crippen LogP) is 1.57. The summed E-state index contributed by atoms with van der Waals surface area (Å²) in [7, 11) is 0. The Morgan fingerprint density at radius 3 is 2.88 bits per heavy atom. The van der Waals surface area contributed by atoms with Crippen LogP contribution in [-0.4, -0.2) is 21.5 Å². The Balaban J connectivity index is 2.68. The molecule has 1 amide bonds. The number of carbonyl (C=O) groups is 1. The number of rotatable bonds is 4. The van der Waals surface area contributed by atoms with Crippen LogP contribution < -0.4 is 10.9 Å². The summed E-state index contributed by atoms with van der Waals surface area (Å²) in [6.07, 6.45) is 1.56. The predicted molar refractivity (Wildman–Crippen MR) is 69.1 cm³/mol. The van der Waals surface area contributed by atoms with Gasteiger partial charge in [0.15, 0.2) is 5.15 Å². The SMILES string of the molecule is CC(C)NC(=O)CCn1cnc(Cl)c(Br)c1=O. The van der Waals surface area contributed by atoms with Gasteiger partial charge in [0.25, 0.3) is 5.56 Å². The number of aryl methyl sites for hydroxylation is 1. The third-order valence-corrected chi connectivity index (χ3v) is 3.20. The van der Waals surface area contributed by atoms with Gasteiger partial charge in [-0.15, -0.1) is 0 Å². The normalized spacial score (nSPS) is 10.6. The van der Waals surface area contributed by atoms with Gasteiger partial charge in [0.2, 0.25) is 5.91 Å². The zero-order chi connectivity index (χ0) is 13.0. The molecule has 17 heavy (non-hydrogen) atoms. The van der Waals surface area contributed by atoms with E-state index in [9.17, 15) is 9.59 Å². The third-order valence-electron chi connectivity index (χ3n) is 1.97. The van der Waals surface area contributed by atoms with Gasteiger partial charge in [-0.1, -0.05) is 11.6 Å². The molecular weight excluding hydrogens is 309 g/mol. The smallest absolute Gasteiger partial charge is 0.269 e. The minimum absolute atomic E-state index is 0.0919. The number of carbonyl (C=O) groups excluding carboxylic acids is 1. The van der Waals surface area contributed by atoms with E-state index < -0.39 is 0 Å². The molecule has 0 unspecified atom stereocenters. The second-order valence-electron chi connectivity index (χ2n) is 3.82. The van der Waals surface area contributed by atoms with Gasteiger partial charge in [-0.25, -0.2) is 4.98 Å². The van der Waals surface area contributed by atoms with Crippen LogP contribution in [0.3, 0.4) is 0 Å². The highest BCUT2D eigenvalue weighted by Crippen LogP contribution is 2.13. The van der Waals surface area contributed by atoms with E-state index in [-0.39, 0.29) is 40.1 Å². The maximum atomic E-state index is 11.7. The van der Waals surface area contributed by atoms with Crippen LogP contribution in [0, 0.1) is 0 Å². The van der Waals surface area contributed by atoms with Gasteiger partial charge >= 0.3 is 0 Å². The molecular formula is C10H13BrClN3O2. The first-order valence-corrected chi connectivity index (χ1v) is 6.28. The molecule has 1 rings (SSSR count). The second-order valence-corrected chi connectivity index (χ2v) is 4.97. The van der Waals surface area contributed by atoms with Crippen LogP contribution in [0.4, 0.5) is 0 Å². The summed E-state index contributed by atoms with van der Waals surface area (Å²) in [6.45, 7) is 4.04. The average molecular weight is 323 g/mol. The fraction of sp³-hybridized carbons (Fsp3) is 0.500. The van der Waals surface area contributed by atoms with Crippen LogP contribution >= 0.6 is 27.5 Å². The Bertz CT molecular complexity index is 473. The molecule has 7 heteroatoms. The van der Waals surface area contributed by atoms with Gasteiger partial charge < -0.3 is 5.32 Å². The Morgan fingerprint density at radius 1 is 1.65 bits per heavy atom. The molecule has 0 atom stereocenters. The molecule has 94 valence electrons. The van der Waals surface area contributed by atoms with Crippen LogP contribution in [0.25, 0.3) is 0 Å². The Morgan fingerprint density at radius 2 is 2.29 bits per heavy atom. The highest BCUT2D eigenvalue weighted by molar-refractivity contribution is 9.10. The first kappa shape index (κ1) is 14.2. The van der Waals surface area contributed by atoms with E-state index in [0.717, 1.165) is 0 Å². The zero-order valence-electron chi connectivity index (χ0n) is 9.54. The van der Waals surface area contributed by atoms with Gasteiger partial charge in [-0.05, 0) is 29.8 Å². The van der Waals surface area contributed by atoms with Crippen molar-refractivity contribution in [2.45, 2.75) is 32.9 Å². The highest BCUT2D eigenvalue weighted by Gasteiger charge is 2.08. The van der Waals surface area contributed by atoms with Gasteiger partial charge in [-0.2, -0.15) is 0 Å². The summed E-state index contributed by atoms with van der Waals surface area (Å²) in [5.74, 6) is -0.0991. The summed E-state index contributed by atoms with van der Waals surface area (Å²) < 4.78 is 1.56. The molecule has 0 aliphatic carbocycles. The van der Waals surface area contributed by atoms with Crippen molar-refractivity contribution in [3.8, 4) is 0 Å². The molecule has 5 nitrogen and oxygen atoms in total. The van der Waals surface area contributed by atoms with Gasteiger partial charge in [0.1, 0.15) is 4.47 Å². The fourth-order valence-electron chi connectivity index (χ4n) is 1.22. The zero-order valence-corrected chi connectivity index (χ0v) is 11.9. The second kappa shape index (κ2) is 6.16. The van der Waals surface area contributed by atoms with Crippen molar-refractivity contribution in [3.05, 3.63) is 26.3 Å². The lowest BCUT2D eigenvalue weighted by Gasteiger charge is -2.09. The van der Waals surface area contributed by atoms with Crippen molar-refractivity contribution in [3.63, 3.8) is 0 Å². The van der Waals surface area contributed by atoms with E-state index in [4.69, 9.17) is 11.6 Å². The topological polar surface area (TPSA) is 64.0 Å². The first-order valence-electron chi connectivity index (χ1n) is 5.11. The average Bonchev–Trinajstić information content (AvgIpc) is 2.24. The Labute approximate surface area is 112 Å². The van der Waals surface area contributed by atoms with Gasteiger partial charge in [0.05, 0.1) is 6.33 Å². The van der Waals surface area contributed by atoms with Crippen LogP contribution in [0.1, 0.15) is 20.3 Å². The number of hydrogen-bond donors (Lipinski definition) is 1. The van der Waals surface area contributed by atoms with E-state index in [1.54, 1.807) is 0 Å². The third kappa shape index (κ3) is 4.12. The fourth-order valence-corrected chi connectivity index (χ4v) is 1.67. The Kier molecular flexibility index (Phi) is 5.14. The van der Waals surface area contributed by atoms with Crippen LogP contribution in [0.2, 0.25) is 5.15 Å². The molecule has 0 radical (unpaired) electrons. The molecule has 1 aromatic rings. The lowest BCUT2D eigenvalue weighted by molar-refractivity contribution is -0.121. The largest absolute Gasteiger partial charge is 0.354 e. The van der Waals surface area contributed by atoms with Gasteiger partial charge in [-0.3, -0.25) is 14.2 Å². The van der Waals surface area contributed by atoms with Crippen molar-refractivity contribution < 1.29 is 4.79 Å². The van der Waals surface area contributed by atoms with Crippen molar-refractivity contribution >= 4 is 33.4 Å². The van der Waals surface area contributed by atoms with E-state index in [0.29, 0.717) is 0 Å². The molecule has 1 heterocycles. The molecule has 0 spiro atoms. The molecule has 1 N–H and O–H groups in total. The van der Waals surface area contributed by atoms with E-state index >= 15 is 0 Å². The molecule has 0 bridgehead atoms. The molecule has 1 aromatic heterocycles. The molecule has 0 aromatic carbocycles. The molecule has 0 saturated heterocycles. The maximum absolute atomic E-state index is 11.7. The minimum atomic E-state index is -0.289. The molecule has 0 aliphatic rings. The number of aromatic nitrogens is 2. The van der Waals surface area contributed by atoms with Crippen molar-refractivity contribution in [1.29, 1.82) is 0 Å². The quantitative estimate of drug-likeness (QED) is 0.856. The van der Waals surface area contributed by atoms with E-state index in [1.807, 2.05) is 13.8 Å². The summed E-state index contributed by atoms with van der Waals surface area (Å²) in [5.41, 5.74) is -0.289. The molecule has 0 saturated carbocycles. The van der Waals surface area contributed by atoms with Crippen LogP contribution in [-0.2, 0) is 11.3 Å². The number of halogens is 2. The number of nitrogens with one attached hydrogen (secondary N) is 1. The van der Waals surface area contributed by atoms with Gasteiger partial charge in [0, 0.05) is 19.0 Å². The van der Waals surface area contributed by atoms with Crippen molar-refractivity contribution in [2.24, 2.45) is 0 Å². The molecule has 0 fully saturated rings. The summed E-state index contributed by atoms with van der Waals surface area (Å²) in [5, 5.41) is 2.87. The van der Waals surface area contributed by atoms with Crippen LogP contribution in [0.5, 0.6) is 0 Å². The maximum Gasteiger partial charge on any atom is 0.269 e. The van der Waals surface area contributed by atoms with E-state index in [1.165, 1.54) is 10.9 Å². The summed E-state index contributed by atoms with van der Waals surface area (Å²) in [6, 6.07) is 0.0919.